The average Bonchev–Trinajstić information content (AvgIpc) is 2.81. The van der Waals surface area contributed by atoms with Crippen LogP contribution in [0.15, 0.2) is 46.1 Å². The highest BCUT2D eigenvalue weighted by molar-refractivity contribution is 5.83. The third-order valence-corrected chi connectivity index (χ3v) is 6.32. The van der Waals surface area contributed by atoms with Crippen molar-refractivity contribution in [3.8, 4) is 5.75 Å². The van der Waals surface area contributed by atoms with Crippen LogP contribution in [0.3, 0.4) is 0 Å². The van der Waals surface area contributed by atoms with Crippen LogP contribution < -0.4 is 16.0 Å². The number of piperidine rings is 1. The zero-order chi connectivity index (χ0) is 22.8. The lowest BCUT2D eigenvalue weighted by Gasteiger charge is -2.32. The zero-order valence-electron chi connectivity index (χ0n) is 18.7. The molecule has 1 aliphatic heterocycles. The number of aryl methyl sites for hydroxylation is 2. The summed E-state index contributed by atoms with van der Waals surface area (Å²) in [5.41, 5.74) is 1.13. The Morgan fingerprint density at radius 3 is 2.50 bits per heavy atom. The van der Waals surface area contributed by atoms with E-state index in [9.17, 15) is 14.4 Å². The number of fused-ring (bicyclic) bond motifs is 1. The highest BCUT2D eigenvalue weighted by atomic mass is 16.5. The summed E-state index contributed by atoms with van der Waals surface area (Å²) in [5.74, 6) is 0.677. The van der Waals surface area contributed by atoms with Gasteiger partial charge in [-0.2, -0.15) is 0 Å². The van der Waals surface area contributed by atoms with Crippen molar-refractivity contribution in [3.63, 3.8) is 0 Å². The molecule has 0 spiro atoms. The molecule has 0 radical (unpaired) electrons. The summed E-state index contributed by atoms with van der Waals surface area (Å²) in [6.07, 6.45) is 4.37. The second-order valence-electron chi connectivity index (χ2n) is 8.42. The summed E-state index contributed by atoms with van der Waals surface area (Å²) < 4.78 is 7.69. The van der Waals surface area contributed by atoms with Gasteiger partial charge in [-0.1, -0.05) is 30.3 Å². The maximum absolute atomic E-state index is 13.2. The Morgan fingerprint density at radius 1 is 1.16 bits per heavy atom. The van der Waals surface area contributed by atoms with Crippen molar-refractivity contribution < 1.29 is 9.53 Å². The van der Waals surface area contributed by atoms with E-state index in [1.165, 1.54) is 17.2 Å². The van der Waals surface area contributed by atoms with Gasteiger partial charge in [-0.05, 0) is 37.7 Å². The van der Waals surface area contributed by atoms with Gasteiger partial charge in [-0.15, -0.1) is 0 Å². The fourth-order valence-electron chi connectivity index (χ4n) is 4.49. The lowest BCUT2D eigenvalue weighted by Crippen LogP contribution is -2.46. The van der Waals surface area contributed by atoms with Crippen LogP contribution in [0.25, 0.3) is 11.0 Å². The Morgan fingerprint density at radius 2 is 1.84 bits per heavy atom. The van der Waals surface area contributed by atoms with Crippen LogP contribution in [0.2, 0.25) is 0 Å². The summed E-state index contributed by atoms with van der Waals surface area (Å²) in [5, 5.41) is 0.212. The molecule has 8 nitrogen and oxygen atoms in total. The van der Waals surface area contributed by atoms with Crippen LogP contribution in [-0.4, -0.2) is 45.1 Å². The number of ether oxygens (including phenoxy) is 1. The van der Waals surface area contributed by atoms with Gasteiger partial charge in [0.05, 0.1) is 7.11 Å². The van der Waals surface area contributed by atoms with Crippen LogP contribution >= 0.6 is 0 Å². The van der Waals surface area contributed by atoms with Gasteiger partial charge < -0.3 is 9.64 Å². The van der Waals surface area contributed by atoms with E-state index in [0.717, 1.165) is 23.8 Å². The lowest BCUT2D eigenvalue weighted by atomic mass is 9.90. The van der Waals surface area contributed by atoms with Gasteiger partial charge in [0.2, 0.25) is 5.91 Å². The highest BCUT2D eigenvalue weighted by Gasteiger charge is 2.25. The standard InChI is InChI=1S/C24H28N4O4/c1-16-14-25-22-20(21(16)32-3)23(30)28(24(31)26(22)2)15-19(29)27-11-9-18(10-12-27)13-17-7-5-4-6-8-17/h4-8,14,18H,9-13,15H2,1-3H3. The number of nitrogens with zero attached hydrogens (tertiary/aromatic N) is 4. The molecule has 1 aromatic carbocycles. The summed E-state index contributed by atoms with van der Waals surface area (Å²) in [7, 11) is 3.02. The largest absolute Gasteiger partial charge is 0.495 e. The van der Waals surface area contributed by atoms with Crippen molar-refractivity contribution in [3.05, 3.63) is 68.5 Å². The van der Waals surface area contributed by atoms with E-state index in [1.54, 1.807) is 25.1 Å². The molecular formula is C24H28N4O4. The number of hydrogen-bond acceptors (Lipinski definition) is 5. The maximum atomic E-state index is 13.2. The van der Waals surface area contributed by atoms with Crippen LogP contribution in [-0.2, 0) is 24.8 Å². The van der Waals surface area contributed by atoms with Gasteiger partial charge in [0.1, 0.15) is 17.7 Å². The fourth-order valence-corrected chi connectivity index (χ4v) is 4.49. The predicted molar refractivity (Wildman–Crippen MR) is 122 cm³/mol. The molecule has 0 bridgehead atoms. The summed E-state index contributed by atoms with van der Waals surface area (Å²) in [6, 6.07) is 10.4. The minimum Gasteiger partial charge on any atom is -0.495 e. The number of rotatable bonds is 5. The summed E-state index contributed by atoms with van der Waals surface area (Å²) in [6.45, 7) is 2.75. The van der Waals surface area contributed by atoms with E-state index in [0.29, 0.717) is 30.3 Å². The van der Waals surface area contributed by atoms with Crippen LogP contribution in [0.5, 0.6) is 5.75 Å². The van der Waals surface area contributed by atoms with E-state index in [2.05, 4.69) is 17.1 Å². The van der Waals surface area contributed by atoms with Gasteiger partial charge in [0.25, 0.3) is 5.56 Å². The number of pyridine rings is 1. The van der Waals surface area contributed by atoms with Crippen LogP contribution in [0.4, 0.5) is 0 Å². The third-order valence-electron chi connectivity index (χ3n) is 6.32. The summed E-state index contributed by atoms with van der Waals surface area (Å²) >= 11 is 0. The van der Waals surface area contributed by atoms with Crippen molar-refractivity contribution in [1.82, 2.24) is 19.0 Å². The molecule has 1 aliphatic rings. The van der Waals surface area contributed by atoms with E-state index in [-0.39, 0.29) is 23.5 Å². The minimum atomic E-state index is -0.562. The Hall–Kier alpha value is -3.42. The molecule has 32 heavy (non-hydrogen) atoms. The molecule has 4 rings (SSSR count). The monoisotopic (exact) mass is 436 g/mol. The second kappa shape index (κ2) is 8.98. The number of carbonyl (C=O) groups excluding carboxylic acids is 1. The molecule has 3 heterocycles. The molecule has 168 valence electrons. The Bertz CT molecular complexity index is 1250. The molecule has 1 fully saturated rings. The van der Waals surface area contributed by atoms with Crippen molar-refractivity contribution >= 4 is 16.9 Å². The first-order valence-corrected chi connectivity index (χ1v) is 10.9. The van der Waals surface area contributed by atoms with Crippen molar-refractivity contribution in [2.24, 2.45) is 13.0 Å². The summed E-state index contributed by atoms with van der Waals surface area (Å²) in [4.78, 5) is 45.0. The predicted octanol–water partition coefficient (Wildman–Crippen LogP) is 1.89. The lowest BCUT2D eigenvalue weighted by molar-refractivity contribution is -0.133. The topological polar surface area (TPSA) is 86.4 Å². The fraction of sp³-hybridized carbons (Fsp3) is 0.417. The van der Waals surface area contributed by atoms with Gasteiger partial charge in [-0.3, -0.25) is 14.2 Å². The number of benzene rings is 1. The molecule has 1 amide bonds. The molecule has 0 saturated carbocycles. The number of likely N-dealkylation sites (tertiary alicyclic amines) is 1. The van der Waals surface area contributed by atoms with E-state index in [4.69, 9.17) is 4.74 Å². The zero-order valence-corrected chi connectivity index (χ0v) is 18.7. The first-order valence-electron chi connectivity index (χ1n) is 10.9. The number of hydrogen-bond donors (Lipinski definition) is 0. The molecular weight excluding hydrogens is 408 g/mol. The Labute approximate surface area is 186 Å². The maximum Gasteiger partial charge on any atom is 0.332 e. The van der Waals surface area contributed by atoms with Gasteiger partial charge in [-0.25, -0.2) is 14.3 Å². The first-order chi connectivity index (χ1) is 15.4. The molecule has 3 aromatic rings. The molecule has 0 aliphatic carbocycles. The molecule has 0 unspecified atom stereocenters. The normalized spacial score (nSPS) is 14.7. The molecule has 0 atom stereocenters. The van der Waals surface area contributed by atoms with Gasteiger partial charge in [0, 0.05) is 31.9 Å². The van der Waals surface area contributed by atoms with Crippen LogP contribution in [0, 0.1) is 12.8 Å². The molecule has 1 saturated heterocycles. The first kappa shape index (κ1) is 21.8. The number of amides is 1. The SMILES string of the molecule is COc1c(C)cnc2c1c(=O)n(CC(=O)N1CCC(Cc3ccccc3)CC1)c(=O)n2C. The van der Waals surface area contributed by atoms with E-state index < -0.39 is 11.2 Å². The second-order valence-corrected chi connectivity index (χ2v) is 8.42. The quantitative estimate of drug-likeness (QED) is 0.610. The smallest absolute Gasteiger partial charge is 0.332 e. The Kier molecular flexibility index (Phi) is 6.12. The van der Waals surface area contributed by atoms with Crippen molar-refractivity contribution in [2.45, 2.75) is 32.7 Å². The van der Waals surface area contributed by atoms with Crippen molar-refractivity contribution in [2.75, 3.05) is 20.2 Å². The minimum absolute atomic E-state index is 0.212. The molecule has 2 aromatic heterocycles. The number of aromatic nitrogens is 3. The van der Waals surface area contributed by atoms with E-state index >= 15 is 0 Å². The third kappa shape index (κ3) is 4.04. The number of carbonyl (C=O) groups is 1. The Balaban J connectivity index is 1.53. The highest BCUT2D eigenvalue weighted by Crippen LogP contribution is 2.24. The van der Waals surface area contributed by atoms with Crippen molar-refractivity contribution in [1.29, 1.82) is 0 Å². The average molecular weight is 437 g/mol. The van der Waals surface area contributed by atoms with Crippen LogP contribution in [0.1, 0.15) is 24.0 Å². The molecule has 8 heteroatoms. The number of methoxy groups -OCH3 is 1. The van der Waals surface area contributed by atoms with Gasteiger partial charge in [0.15, 0.2) is 5.65 Å². The molecule has 0 N–H and O–H groups in total. The van der Waals surface area contributed by atoms with E-state index in [1.807, 2.05) is 18.2 Å². The van der Waals surface area contributed by atoms with Gasteiger partial charge >= 0.3 is 5.69 Å².